The maximum Gasteiger partial charge on any atom is 0.307 e. The number of aliphatic carboxylic acids is 1. The van der Waals surface area contributed by atoms with Crippen molar-refractivity contribution in [2.75, 3.05) is 0 Å². The minimum absolute atomic E-state index is 0.0354. The second-order valence-corrected chi connectivity index (χ2v) is 3.44. The highest BCUT2D eigenvalue weighted by Crippen LogP contribution is 2.08. The molecule has 1 unspecified atom stereocenters. The highest BCUT2D eigenvalue weighted by Gasteiger charge is 2.03. The topological polar surface area (TPSA) is 57.5 Å². The van der Waals surface area contributed by atoms with Gasteiger partial charge in [-0.3, -0.25) is 4.79 Å². The second-order valence-electron chi connectivity index (χ2n) is 3.44. The Balaban J connectivity index is 2.73. The Morgan fingerprint density at radius 1 is 1.43 bits per heavy atom. The first-order chi connectivity index (χ1) is 6.58. The predicted octanol–water partition coefficient (Wildman–Crippen LogP) is 1.24. The normalized spacial score (nSPS) is 12.4. The van der Waals surface area contributed by atoms with E-state index in [4.69, 9.17) is 10.2 Å². The van der Waals surface area contributed by atoms with Gasteiger partial charge >= 0.3 is 5.97 Å². The number of hydrogen-bond acceptors (Lipinski definition) is 2. The van der Waals surface area contributed by atoms with E-state index in [-0.39, 0.29) is 6.42 Å². The van der Waals surface area contributed by atoms with Crippen LogP contribution in [0.15, 0.2) is 24.3 Å². The van der Waals surface area contributed by atoms with Gasteiger partial charge in [-0.25, -0.2) is 0 Å². The molecule has 0 aromatic heterocycles. The van der Waals surface area contributed by atoms with Crippen LogP contribution >= 0.6 is 0 Å². The van der Waals surface area contributed by atoms with Crippen LogP contribution in [-0.4, -0.2) is 22.3 Å². The number of aliphatic hydroxyl groups is 1. The summed E-state index contributed by atoms with van der Waals surface area (Å²) in [5, 5.41) is 17.8. The van der Waals surface area contributed by atoms with Crippen LogP contribution in [0.3, 0.4) is 0 Å². The molecule has 3 nitrogen and oxygen atoms in total. The van der Waals surface area contributed by atoms with E-state index in [9.17, 15) is 4.79 Å². The Hall–Kier alpha value is -1.35. The molecule has 0 saturated heterocycles. The maximum absolute atomic E-state index is 10.5. The molecule has 1 aromatic carbocycles. The quantitative estimate of drug-likeness (QED) is 0.758. The van der Waals surface area contributed by atoms with Crippen LogP contribution in [0.2, 0.25) is 0 Å². The summed E-state index contributed by atoms with van der Waals surface area (Å²) in [6, 6.07) is 7.30. The number of hydrogen-bond donors (Lipinski definition) is 2. The Morgan fingerprint density at radius 2 is 2.07 bits per heavy atom. The number of carboxylic acids is 1. The van der Waals surface area contributed by atoms with E-state index in [1.807, 2.05) is 18.2 Å². The third kappa shape index (κ3) is 3.58. The van der Waals surface area contributed by atoms with Gasteiger partial charge in [-0.2, -0.15) is 0 Å². The molecule has 0 fully saturated rings. The third-order valence-electron chi connectivity index (χ3n) is 1.88. The molecule has 3 heteroatoms. The molecular formula is C11H14O3. The summed E-state index contributed by atoms with van der Waals surface area (Å²) in [5.41, 5.74) is 1.74. The minimum Gasteiger partial charge on any atom is -0.481 e. The first-order valence-corrected chi connectivity index (χ1v) is 4.55. The molecule has 0 saturated carbocycles. The largest absolute Gasteiger partial charge is 0.481 e. The number of carbonyl (C=O) groups is 1. The van der Waals surface area contributed by atoms with Gasteiger partial charge in [0, 0.05) is 0 Å². The van der Waals surface area contributed by atoms with E-state index in [0.717, 1.165) is 11.1 Å². The van der Waals surface area contributed by atoms with Crippen molar-refractivity contribution < 1.29 is 15.0 Å². The molecule has 1 rings (SSSR count). The van der Waals surface area contributed by atoms with Crippen LogP contribution in [-0.2, 0) is 17.6 Å². The second kappa shape index (κ2) is 4.77. The highest BCUT2D eigenvalue weighted by atomic mass is 16.4. The molecule has 1 aromatic rings. The van der Waals surface area contributed by atoms with Crippen molar-refractivity contribution in [2.45, 2.75) is 25.9 Å². The van der Waals surface area contributed by atoms with E-state index >= 15 is 0 Å². The van der Waals surface area contributed by atoms with Crippen molar-refractivity contribution in [3.8, 4) is 0 Å². The van der Waals surface area contributed by atoms with Crippen molar-refractivity contribution in [1.29, 1.82) is 0 Å². The van der Waals surface area contributed by atoms with Gasteiger partial charge in [0.05, 0.1) is 12.5 Å². The Morgan fingerprint density at radius 3 is 2.64 bits per heavy atom. The molecule has 0 aliphatic heterocycles. The van der Waals surface area contributed by atoms with E-state index in [0.29, 0.717) is 6.42 Å². The van der Waals surface area contributed by atoms with E-state index in [1.54, 1.807) is 13.0 Å². The summed E-state index contributed by atoms with van der Waals surface area (Å²) in [4.78, 5) is 10.5. The van der Waals surface area contributed by atoms with E-state index in [1.165, 1.54) is 0 Å². The Labute approximate surface area is 83.0 Å². The van der Waals surface area contributed by atoms with Crippen molar-refractivity contribution >= 4 is 5.97 Å². The zero-order valence-electron chi connectivity index (χ0n) is 8.10. The molecule has 14 heavy (non-hydrogen) atoms. The van der Waals surface area contributed by atoms with Gasteiger partial charge in [0.25, 0.3) is 0 Å². The van der Waals surface area contributed by atoms with Gasteiger partial charge in [0.2, 0.25) is 0 Å². The summed E-state index contributed by atoms with van der Waals surface area (Å²) in [7, 11) is 0. The summed E-state index contributed by atoms with van der Waals surface area (Å²) in [6.45, 7) is 1.71. The molecule has 2 N–H and O–H groups in total. The van der Waals surface area contributed by atoms with Crippen molar-refractivity contribution in [1.82, 2.24) is 0 Å². The summed E-state index contributed by atoms with van der Waals surface area (Å²) in [5.74, 6) is -0.834. The predicted molar refractivity (Wildman–Crippen MR) is 53.2 cm³/mol. The van der Waals surface area contributed by atoms with Gasteiger partial charge in [-0.15, -0.1) is 0 Å². The standard InChI is InChI=1S/C11H14O3/c1-8(12)5-9-3-2-4-10(6-9)7-11(13)14/h2-4,6,8,12H,5,7H2,1H3,(H,13,14). The number of carboxylic acid groups (broad SMARTS) is 1. The first-order valence-electron chi connectivity index (χ1n) is 4.55. The van der Waals surface area contributed by atoms with Gasteiger partial charge < -0.3 is 10.2 Å². The SMILES string of the molecule is CC(O)Cc1cccc(CC(=O)O)c1. The highest BCUT2D eigenvalue weighted by molar-refractivity contribution is 5.70. The maximum atomic E-state index is 10.5. The van der Waals surface area contributed by atoms with Crippen LogP contribution in [0.25, 0.3) is 0 Å². The van der Waals surface area contributed by atoms with Crippen LogP contribution in [0.1, 0.15) is 18.1 Å². The number of aliphatic hydroxyl groups excluding tert-OH is 1. The fraction of sp³-hybridized carbons (Fsp3) is 0.364. The Kier molecular flexibility index (Phi) is 3.65. The lowest BCUT2D eigenvalue weighted by Crippen LogP contribution is -2.05. The number of rotatable bonds is 4. The van der Waals surface area contributed by atoms with Gasteiger partial charge in [-0.05, 0) is 24.5 Å². The van der Waals surface area contributed by atoms with Crippen molar-refractivity contribution in [3.63, 3.8) is 0 Å². The number of benzene rings is 1. The lowest BCUT2D eigenvalue weighted by Gasteiger charge is -2.05. The smallest absolute Gasteiger partial charge is 0.307 e. The Bertz CT molecular complexity index is 318. The van der Waals surface area contributed by atoms with Gasteiger partial charge in [0.15, 0.2) is 0 Å². The fourth-order valence-electron chi connectivity index (χ4n) is 1.38. The van der Waals surface area contributed by atoms with Crippen molar-refractivity contribution in [3.05, 3.63) is 35.4 Å². The molecule has 0 aliphatic rings. The first kappa shape index (κ1) is 10.7. The van der Waals surface area contributed by atoms with Crippen LogP contribution in [0, 0.1) is 0 Å². The minimum atomic E-state index is -0.834. The summed E-state index contributed by atoms with van der Waals surface area (Å²) in [6.07, 6.45) is 0.205. The average molecular weight is 194 g/mol. The van der Waals surface area contributed by atoms with Gasteiger partial charge in [-0.1, -0.05) is 24.3 Å². The van der Waals surface area contributed by atoms with Gasteiger partial charge in [0.1, 0.15) is 0 Å². The molecule has 0 spiro atoms. The molecule has 0 heterocycles. The van der Waals surface area contributed by atoms with E-state index in [2.05, 4.69) is 0 Å². The molecule has 0 bridgehead atoms. The lowest BCUT2D eigenvalue weighted by atomic mass is 10.0. The monoisotopic (exact) mass is 194 g/mol. The summed E-state index contributed by atoms with van der Waals surface area (Å²) < 4.78 is 0. The summed E-state index contributed by atoms with van der Waals surface area (Å²) >= 11 is 0. The average Bonchev–Trinajstić information content (AvgIpc) is 2.01. The third-order valence-corrected chi connectivity index (χ3v) is 1.88. The molecule has 0 radical (unpaired) electrons. The molecule has 0 amide bonds. The molecule has 0 aliphatic carbocycles. The van der Waals surface area contributed by atoms with E-state index < -0.39 is 12.1 Å². The zero-order chi connectivity index (χ0) is 10.6. The fourth-order valence-corrected chi connectivity index (χ4v) is 1.38. The molecule has 76 valence electrons. The molecular weight excluding hydrogens is 180 g/mol. The lowest BCUT2D eigenvalue weighted by molar-refractivity contribution is -0.136. The van der Waals surface area contributed by atoms with Crippen LogP contribution in [0.4, 0.5) is 0 Å². The zero-order valence-corrected chi connectivity index (χ0v) is 8.10. The molecule has 1 atom stereocenters. The van der Waals surface area contributed by atoms with Crippen LogP contribution < -0.4 is 0 Å². The van der Waals surface area contributed by atoms with Crippen LogP contribution in [0.5, 0.6) is 0 Å². The van der Waals surface area contributed by atoms with Crippen molar-refractivity contribution in [2.24, 2.45) is 0 Å².